The van der Waals surface area contributed by atoms with Gasteiger partial charge >= 0.3 is 0 Å². The first-order valence-corrected chi connectivity index (χ1v) is 10.4. The molecule has 0 heterocycles. The zero-order chi connectivity index (χ0) is 16.9. The molecule has 0 radical (unpaired) electrons. The van der Waals surface area contributed by atoms with Crippen LogP contribution in [0.25, 0.3) is 0 Å². The van der Waals surface area contributed by atoms with Crippen LogP contribution >= 0.6 is 0 Å². The molecule has 2 N–H and O–H groups in total. The predicted octanol–water partition coefficient (Wildman–Crippen LogP) is 2.04. The molecule has 0 aromatic heterocycles. The minimum absolute atomic E-state index is 0.0930. The average Bonchev–Trinajstić information content (AvgIpc) is 2.47. The molecule has 0 bridgehead atoms. The Labute approximate surface area is 136 Å². The van der Waals surface area contributed by atoms with Gasteiger partial charge in [-0.15, -0.1) is 0 Å². The molecule has 2 rings (SSSR count). The van der Waals surface area contributed by atoms with Crippen molar-refractivity contribution in [2.45, 2.75) is 6.42 Å². The molecule has 8 heteroatoms. The zero-order valence-corrected chi connectivity index (χ0v) is 14.2. The Balaban J connectivity index is 2.11. The number of aryl methyl sites for hydroxylation is 1. The molecule has 2 aromatic carbocycles. The van der Waals surface area contributed by atoms with Crippen molar-refractivity contribution >= 4 is 31.4 Å². The summed E-state index contributed by atoms with van der Waals surface area (Å²) in [4.78, 5) is 0. The molecule has 0 saturated carbocycles. The molecule has 6 nitrogen and oxygen atoms in total. The summed E-state index contributed by atoms with van der Waals surface area (Å²) in [7, 11) is -7.09. The van der Waals surface area contributed by atoms with Crippen molar-refractivity contribution in [2.75, 3.05) is 21.5 Å². The van der Waals surface area contributed by atoms with Crippen LogP contribution in [-0.2, 0) is 26.5 Å². The Hall–Kier alpha value is -2.06. The van der Waals surface area contributed by atoms with Gasteiger partial charge in [-0.3, -0.25) is 9.44 Å². The summed E-state index contributed by atoms with van der Waals surface area (Å²) >= 11 is 0. The van der Waals surface area contributed by atoms with Crippen molar-refractivity contribution in [1.29, 1.82) is 0 Å². The Morgan fingerprint density at radius 3 is 1.87 bits per heavy atom. The molecule has 23 heavy (non-hydrogen) atoms. The van der Waals surface area contributed by atoms with E-state index in [2.05, 4.69) is 9.44 Å². The van der Waals surface area contributed by atoms with Crippen LogP contribution in [0.15, 0.2) is 54.6 Å². The van der Waals surface area contributed by atoms with Gasteiger partial charge in [-0.2, -0.15) is 0 Å². The SMILES string of the molecule is CS(=O)(=O)Nc1ccccc1NS(=O)(=O)CCc1ccccc1. The lowest BCUT2D eigenvalue weighted by atomic mass is 10.2. The van der Waals surface area contributed by atoms with Gasteiger partial charge in [0.1, 0.15) is 0 Å². The van der Waals surface area contributed by atoms with E-state index in [9.17, 15) is 16.8 Å². The van der Waals surface area contributed by atoms with Crippen molar-refractivity contribution in [3.63, 3.8) is 0 Å². The molecule has 0 saturated heterocycles. The summed E-state index contributed by atoms with van der Waals surface area (Å²) in [5, 5.41) is 0. The van der Waals surface area contributed by atoms with Gasteiger partial charge in [0.2, 0.25) is 20.0 Å². The van der Waals surface area contributed by atoms with Gasteiger partial charge in [0.15, 0.2) is 0 Å². The number of para-hydroxylation sites is 2. The third-order valence-corrected chi connectivity index (χ3v) is 4.85. The maximum atomic E-state index is 12.2. The lowest BCUT2D eigenvalue weighted by Gasteiger charge is -2.13. The number of anilines is 2. The van der Waals surface area contributed by atoms with Crippen molar-refractivity contribution in [3.8, 4) is 0 Å². The summed E-state index contributed by atoms with van der Waals surface area (Å²) < 4.78 is 51.8. The van der Waals surface area contributed by atoms with E-state index in [1.807, 2.05) is 30.3 Å². The topological polar surface area (TPSA) is 92.3 Å². The van der Waals surface area contributed by atoms with Crippen LogP contribution < -0.4 is 9.44 Å². The molecule has 0 amide bonds. The molecule has 0 atom stereocenters. The van der Waals surface area contributed by atoms with E-state index in [1.54, 1.807) is 12.1 Å². The van der Waals surface area contributed by atoms with E-state index in [1.165, 1.54) is 12.1 Å². The largest absolute Gasteiger partial charge is 0.282 e. The fourth-order valence-electron chi connectivity index (χ4n) is 1.98. The summed E-state index contributed by atoms with van der Waals surface area (Å²) in [6, 6.07) is 15.5. The minimum atomic E-state index is -3.60. The molecule has 0 aliphatic heterocycles. The highest BCUT2D eigenvalue weighted by Gasteiger charge is 2.14. The van der Waals surface area contributed by atoms with Gasteiger partial charge in [-0.05, 0) is 24.1 Å². The second-order valence-electron chi connectivity index (χ2n) is 5.08. The van der Waals surface area contributed by atoms with Crippen molar-refractivity contribution in [3.05, 3.63) is 60.2 Å². The van der Waals surface area contributed by atoms with E-state index in [0.29, 0.717) is 6.42 Å². The monoisotopic (exact) mass is 354 g/mol. The normalized spacial score (nSPS) is 11.9. The molecule has 2 aromatic rings. The lowest BCUT2D eigenvalue weighted by molar-refractivity contribution is 0.599. The summed E-state index contributed by atoms with van der Waals surface area (Å²) in [6.07, 6.45) is 1.38. The van der Waals surface area contributed by atoms with Gasteiger partial charge in [0, 0.05) is 0 Å². The fraction of sp³-hybridized carbons (Fsp3) is 0.200. The number of sulfonamides is 2. The van der Waals surface area contributed by atoms with Crippen molar-refractivity contribution < 1.29 is 16.8 Å². The molecule has 0 aliphatic carbocycles. The van der Waals surface area contributed by atoms with Gasteiger partial charge in [-0.25, -0.2) is 16.8 Å². The number of rotatable bonds is 7. The molecule has 0 spiro atoms. The number of nitrogens with one attached hydrogen (secondary N) is 2. The average molecular weight is 354 g/mol. The highest BCUT2D eigenvalue weighted by atomic mass is 32.2. The zero-order valence-electron chi connectivity index (χ0n) is 12.6. The quantitative estimate of drug-likeness (QED) is 0.796. The standard InChI is InChI=1S/C15H18N2O4S2/c1-22(18,19)16-14-9-5-6-10-15(14)17-23(20,21)12-11-13-7-3-2-4-8-13/h2-10,16-17H,11-12H2,1H3. The van der Waals surface area contributed by atoms with E-state index in [4.69, 9.17) is 0 Å². The first-order chi connectivity index (χ1) is 10.8. The molecule has 0 aliphatic rings. The van der Waals surface area contributed by atoms with Crippen LogP contribution in [0.4, 0.5) is 11.4 Å². The molecular formula is C15H18N2O4S2. The Morgan fingerprint density at radius 1 is 0.783 bits per heavy atom. The van der Waals surface area contributed by atoms with Gasteiger partial charge in [0.25, 0.3) is 0 Å². The summed E-state index contributed by atoms with van der Waals surface area (Å²) in [5.41, 5.74) is 1.31. The van der Waals surface area contributed by atoms with Crippen LogP contribution in [0.5, 0.6) is 0 Å². The Kier molecular flexibility index (Phi) is 5.27. The highest BCUT2D eigenvalue weighted by Crippen LogP contribution is 2.23. The highest BCUT2D eigenvalue weighted by molar-refractivity contribution is 7.93. The predicted molar refractivity (Wildman–Crippen MR) is 92.5 cm³/mol. The minimum Gasteiger partial charge on any atom is -0.282 e. The maximum absolute atomic E-state index is 12.2. The molecule has 0 fully saturated rings. The molecular weight excluding hydrogens is 336 g/mol. The van der Waals surface area contributed by atoms with Gasteiger partial charge in [0.05, 0.1) is 23.4 Å². The Bertz CT molecular complexity index is 863. The van der Waals surface area contributed by atoms with Crippen LogP contribution in [0, 0.1) is 0 Å². The summed E-state index contributed by atoms with van der Waals surface area (Å²) in [6.45, 7) is 0. The first kappa shape index (κ1) is 17.3. The van der Waals surface area contributed by atoms with Crippen molar-refractivity contribution in [2.24, 2.45) is 0 Å². The lowest BCUT2D eigenvalue weighted by Crippen LogP contribution is -2.20. The van der Waals surface area contributed by atoms with Crippen LogP contribution in [0.1, 0.15) is 5.56 Å². The van der Waals surface area contributed by atoms with E-state index >= 15 is 0 Å². The fourth-order valence-corrected chi connectivity index (χ4v) is 3.67. The van der Waals surface area contributed by atoms with Crippen LogP contribution in [0.3, 0.4) is 0 Å². The third-order valence-electron chi connectivity index (χ3n) is 2.99. The van der Waals surface area contributed by atoms with E-state index in [0.717, 1.165) is 11.8 Å². The first-order valence-electron chi connectivity index (χ1n) is 6.86. The molecule has 0 unspecified atom stereocenters. The van der Waals surface area contributed by atoms with E-state index < -0.39 is 20.0 Å². The van der Waals surface area contributed by atoms with Crippen LogP contribution in [0.2, 0.25) is 0 Å². The maximum Gasteiger partial charge on any atom is 0.233 e. The van der Waals surface area contributed by atoms with Gasteiger partial charge < -0.3 is 0 Å². The molecule has 124 valence electrons. The number of benzene rings is 2. The number of hydrogen-bond acceptors (Lipinski definition) is 4. The van der Waals surface area contributed by atoms with Gasteiger partial charge in [-0.1, -0.05) is 42.5 Å². The van der Waals surface area contributed by atoms with Crippen LogP contribution in [-0.4, -0.2) is 28.8 Å². The second-order valence-corrected chi connectivity index (χ2v) is 8.67. The van der Waals surface area contributed by atoms with E-state index in [-0.39, 0.29) is 17.1 Å². The second kappa shape index (κ2) is 7.01. The number of hydrogen-bond donors (Lipinski definition) is 2. The smallest absolute Gasteiger partial charge is 0.233 e. The third kappa shape index (κ3) is 5.91. The summed E-state index contributed by atoms with van der Waals surface area (Å²) in [5.74, 6) is -0.0930. The van der Waals surface area contributed by atoms with Crippen molar-refractivity contribution in [1.82, 2.24) is 0 Å². The Morgan fingerprint density at radius 2 is 1.30 bits per heavy atom.